The van der Waals surface area contributed by atoms with Gasteiger partial charge in [0, 0.05) is 5.69 Å². The first-order chi connectivity index (χ1) is 9.67. The minimum absolute atomic E-state index is 0.296. The van der Waals surface area contributed by atoms with Crippen LogP contribution < -0.4 is 5.32 Å². The Hall–Kier alpha value is -1.61. The number of nitrogens with zero attached hydrogens (tertiary/aromatic N) is 2. The summed E-state index contributed by atoms with van der Waals surface area (Å²) in [6.45, 7) is 7.36. The van der Waals surface area contributed by atoms with Gasteiger partial charge in [-0.3, -0.25) is 4.68 Å². The summed E-state index contributed by atoms with van der Waals surface area (Å²) in [5, 5.41) is 8.12. The van der Waals surface area contributed by atoms with E-state index in [0.717, 1.165) is 19.4 Å². The largest absolute Gasteiger partial charge is 0.311 e. The maximum absolute atomic E-state index is 4.71. The van der Waals surface area contributed by atoms with E-state index in [1.807, 2.05) is 7.05 Å². The van der Waals surface area contributed by atoms with E-state index >= 15 is 0 Å². The SMILES string of the molecule is CCc1cc(CC)n(CC(NC)c2cccc(C)c2)n1. The second-order valence-electron chi connectivity index (χ2n) is 5.27. The lowest BCUT2D eigenvalue weighted by atomic mass is 10.0. The van der Waals surface area contributed by atoms with Crippen LogP contribution in [0.3, 0.4) is 0 Å². The molecule has 1 N–H and O–H groups in total. The molecule has 0 bridgehead atoms. The van der Waals surface area contributed by atoms with Gasteiger partial charge in [0.25, 0.3) is 0 Å². The van der Waals surface area contributed by atoms with Crippen molar-refractivity contribution in [3.8, 4) is 0 Å². The monoisotopic (exact) mass is 271 g/mol. The number of nitrogens with one attached hydrogen (secondary N) is 1. The highest BCUT2D eigenvalue weighted by Crippen LogP contribution is 2.18. The van der Waals surface area contributed by atoms with Crippen LogP contribution in [0, 0.1) is 6.92 Å². The first-order valence-electron chi connectivity index (χ1n) is 7.47. The van der Waals surface area contributed by atoms with Gasteiger partial charge in [0.05, 0.1) is 18.3 Å². The summed E-state index contributed by atoms with van der Waals surface area (Å²) in [6.07, 6.45) is 2.02. The van der Waals surface area contributed by atoms with Crippen molar-refractivity contribution in [3.05, 3.63) is 52.8 Å². The molecule has 1 atom stereocenters. The lowest BCUT2D eigenvalue weighted by molar-refractivity contribution is 0.455. The molecule has 108 valence electrons. The third-order valence-corrected chi connectivity index (χ3v) is 3.79. The van der Waals surface area contributed by atoms with Crippen LogP contribution >= 0.6 is 0 Å². The zero-order valence-electron chi connectivity index (χ0n) is 13.0. The van der Waals surface area contributed by atoms with Gasteiger partial charge in [0.15, 0.2) is 0 Å². The summed E-state index contributed by atoms with van der Waals surface area (Å²) in [5.74, 6) is 0. The molecule has 0 spiro atoms. The topological polar surface area (TPSA) is 29.9 Å². The number of rotatable bonds is 6. The Labute approximate surface area is 122 Å². The quantitative estimate of drug-likeness (QED) is 0.874. The van der Waals surface area contributed by atoms with Gasteiger partial charge in [-0.15, -0.1) is 0 Å². The van der Waals surface area contributed by atoms with Crippen molar-refractivity contribution in [2.24, 2.45) is 0 Å². The molecule has 0 amide bonds. The number of likely N-dealkylation sites (N-methyl/N-ethyl adjacent to an activating group) is 1. The van der Waals surface area contributed by atoms with Crippen LogP contribution in [0.5, 0.6) is 0 Å². The summed E-state index contributed by atoms with van der Waals surface area (Å²) in [4.78, 5) is 0. The smallest absolute Gasteiger partial charge is 0.0624 e. The van der Waals surface area contributed by atoms with E-state index in [4.69, 9.17) is 5.10 Å². The van der Waals surface area contributed by atoms with Crippen LogP contribution in [0.25, 0.3) is 0 Å². The molecule has 1 aromatic heterocycles. The van der Waals surface area contributed by atoms with Crippen molar-refractivity contribution >= 4 is 0 Å². The van der Waals surface area contributed by atoms with Gasteiger partial charge >= 0.3 is 0 Å². The third-order valence-electron chi connectivity index (χ3n) is 3.79. The first-order valence-corrected chi connectivity index (χ1v) is 7.47. The molecule has 0 saturated carbocycles. The first kappa shape index (κ1) is 14.8. The van der Waals surface area contributed by atoms with Gasteiger partial charge < -0.3 is 5.32 Å². The molecule has 0 aliphatic carbocycles. The summed E-state index contributed by atoms with van der Waals surface area (Å²) in [6, 6.07) is 11.2. The van der Waals surface area contributed by atoms with E-state index in [-0.39, 0.29) is 0 Å². The zero-order valence-corrected chi connectivity index (χ0v) is 13.0. The van der Waals surface area contributed by atoms with Crippen molar-refractivity contribution in [3.63, 3.8) is 0 Å². The Balaban J connectivity index is 2.24. The fraction of sp³-hybridized carbons (Fsp3) is 0.471. The highest BCUT2D eigenvalue weighted by atomic mass is 15.3. The molecule has 3 nitrogen and oxygen atoms in total. The lowest BCUT2D eigenvalue weighted by Crippen LogP contribution is -2.23. The highest BCUT2D eigenvalue weighted by Gasteiger charge is 2.13. The number of aromatic nitrogens is 2. The van der Waals surface area contributed by atoms with E-state index in [1.165, 1.54) is 22.5 Å². The van der Waals surface area contributed by atoms with Crippen molar-refractivity contribution in [2.45, 2.75) is 46.2 Å². The van der Waals surface area contributed by atoms with Crippen LogP contribution in [0.15, 0.2) is 30.3 Å². The predicted octanol–water partition coefficient (Wildman–Crippen LogP) is 3.28. The van der Waals surface area contributed by atoms with E-state index in [9.17, 15) is 0 Å². The van der Waals surface area contributed by atoms with Crippen LogP contribution in [-0.4, -0.2) is 16.8 Å². The number of aryl methyl sites for hydroxylation is 3. The van der Waals surface area contributed by atoms with Gasteiger partial charge in [0.2, 0.25) is 0 Å². The van der Waals surface area contributed by atoms with Gasteiger partial charge in [-0.2, -0.15) is 5.10 Å². The standard InChI is InChI=1S/C17H25N3/c1-5-15-11-16(6-2)20(19-15)12-17(18-4)14-9-7-8-13(3)10-14/h7-11,17-18H,5-6,12H2,1-4H3. The molecular formula is C17H25N3. The Morgan fingerprint density at radius 2 is 2.00 bits per heavy atom. The Kier molecular flexibility index (Phi) is 4.96. The zero-order chi connectivity index (χ0) is 14.5. The normalized spacial score (nSPS) is 12.6. The molecule has 20 heavy (non-hydrogen) atoms. The van der Waals surface area contributed by atoms with Crippen LogP contribution in [-0.2, 0) is 19.4 Å². The molecule has 0 aliphatic rings. The molecule has 3 heteroatoms. The molecule has 1 heterocycles. The molecule has 0 saturated heterocycles. The molecule has 0 radical (unpaired) electrons. The van der Waals surface area contributed by atoms with Crippen molar-refractivity contribution < 1.29 is 0 Å². The fourth-order valence-corrected chi connectivity index (χ4v) is 2.55. The molecule has 1 unspecified atom stereocenters. The van der Waals surface area contributed by atoms with Crippen LogP contribution in [0.1, 0.15) is 42.4 Å². The second kappa shape index (κ2) is 6.71. The highest BCUT2D eigenvalue weighted by molar-refractivity contribution is 5.25. The maximum Gasteiger partial charge on any atom is 0.0624 e. The van der Waals surface area contributed by atoms with Gasteiger partial charge in [0.1, 0.15) is 0 Å². The van der Waals surface area contributed by atoms with Crippen molar-refractivity contribution in [1.82, 2.24) is 15.1 Å². The number of benzene rings is 1. The Morgan fingerprint density at radius 3 is 2.60 bits per heavy atom. The average molecular weight is 271 g/mol. The maximum atomic E-state index is 4.71. The van der Waals surface area contributed by atoms with Gasteiger partial charge in [-0.25, -0.2) is 0 Å². The fourth-order valence-electron chi connectivity index (χ4n) is 2.55. The number of hydrogen-bond donors (Lipinski definition) is 1. The van der Waals surface area contributed by atoms with Gasteiger partial charge in [-0.05, 0) is 38.4 Å². The van der Waals surface area contributed by atoms with Crippen molar-refractivity contribution in [1.29, 1.82) is 0 Å². The number of hydrogen-bond acceptors (Lipinski definition) is 2. The summed E-state index contributed by atoms with van der Waals surface area (Å²) < 4.78 is 2.16. The molecular weight excluding hydrogens is 246 g/mol. The average Bonchev–Trinajstić information content (AvgIpc) is 2.87. The van der Waals surface area contributed by atoms with E-state index in [2.05, 4.69) is 61.1 Å². The van der Waals surface area contributed by atoms with Crippen LogP contribution in [0.4, 0.5) is 0 Å². The molecule has 0 fully saturated rings. The molecule has 2 rings (SSSR count). The van der Waals surface area contributed by atoms with E-state index in [1.54, 1.807) is 0 Å². The third kappa shape index (κ3) is 3.28. The van der Waals surface area contributed by atoms with Crippen molar-refractivity contribution in [2.75, 3.05) is 7.05 Å². The minimum atomic E-state index is 0.296. The summed E-state index contributed by atoms with van der Waals surface area (Å²) >= 11 is 0. The molecule has 2 aromatic rings. The summed E-state index contributed by atoms with van der Waals surface area (Å²) in [5.41, 5.74) is 5.12. The molecule has 1 aromatic carbocycles. The predicted molar refractivity (Wildman–Crippen MR) is 84.0 cm³/mol. The lowest BCUT2D eigenvalue weighted by Gasteiger charge is -2.18. The molecule has 0 aliphatic heterocycles. The Bertz CT molecular complexity index is 557. The van der Waals surface area contributed by atoms with E-state index in [0.29, 0.717) is 6.04 Å². The Morgan fingerprint density at radius 1 is 1.20 bits per heavy atom. The van der Waals surface area contributed by atoms with Crippen LogP contribution in [0.2, 0.25) is 0 Å². The minimum Gasteiger partial charge on any atom is -0.311 e. The summed E-state index contributed by atoms with van der Waals surface area (Å²) in [7, 11) is 2.02. The van der Waals surface area contributed by atoms with Gasteiger partial charge in [-0.1, -0.05) is 43.7 Å². The van der Waals surface area contributed by atoms with E-state index < -0.39 is 0 Å². The second-order valence-corrected chi connectivity index (χ2v) is 5.27.